The van der Waals surface area contributed by atoms with Crippen LogP contribution >= 0.6 is 0 Å². The van der Waals surface area contributed by atoms with Gasteiger partial charge in [-0.15, -0.1) is 0 Å². The lowest BCUT2D eigenvalue weighted by Crippen LogP contribution is -2.17. The van der Waals surface area contributed by atoms with Gasteiger partial charge in [-0.3, -0.25) is 0 Å². The van der Waals surface area contributed by atoms with Crippen molar-refractivity contribution in [2.24, 2.45) is 0 Å². The number of nitrogens with zero attached hydrogens (tertiary/aromatic N) is 1. The van der Waals surface area contributed by atoms with Gasteiger partial charge in [0.1, 0.15) is 0 Å². The Morgan fingerprint density at radius 3 is 1.36 bits per heavy atom. The average Bonchev–Trinajstić information content (AvgIpc) is 3.74. The van der Waals surface area contributed by atoms with E-state index >= 15 is 0 Å². The van der Waals surface area contributed by atoms with Gasteiger partial charge in [-0.05, 0) is 120 Å². The summed E-state index contributed by atoms with van der Waals surface area (Å²) < 4.78 is 0. The maximum atomic E-state index is 2.49. The highest BCUT2D eigenvalue weighted by molar-refractivity contribution is 5.93. The van der Waals surface area contributed by atoms with Gasteiger partial charge in [-0.2, -0.15) is 0 Å². The summed E-state index contributed by atoms with van der Waals surface area (Å²) in [4.78, 5) is 2.49. The Bertz CT molecular complexity index is 2970. The third-order valence-electron chi connectivity index (χ3n) is 13.9. The van der Waals surface area contributed by atoms with Gasteiger partial charge in [0, 0.05) is 33.2 Å². The van der Waals surface area contributed by atoms with Gasteiger partial charge < -0.3 is 4.90 Å². The van der Waals surface area contributed by atoms with Crippen molar-refractivity contribution in [2.75, 3.05) is 4.90 Å². The second kappa shape index (κ2) is 12.3. The van der Waals surface area contributed by atoms with E-state index in [9.17, 15) is 0 Å². The standard InChI is InChI=1S/C57H47N/c1-55(2)48-22-11-7-17-42(48)45-32-28-37(34-51(45)55)40-16-10-14-25-53(40)58(39-31-33-46-43-18-8-12-23-49(43)56(3,4)52(46)35-39)38-29-26-36(27-30-38)41-20-15-21-47-44-19-9-13-24-50(44)57(5,6)54(41)47/h7-35H,1-6H3. The molecular formula is C57H47N. The summed E-state index contributed by atoms with van der Waals surface area (Å²) in [5, 5.41) is 0. The van der Waals surface area contributed by atoms with Crippen LogP contribution in [0.5, 0.6) is 0 Å². The fourth-order valence-corrected chi connectivity index (χ4v) is 10.9. The molecule has 0 spiro atoms. The molecule has 0 heterocycles. The third-order valence-corrected chi connectivity index (χ3v) is 13.9. The molecule has 8 aromatic rings. The molecule has 0 amide bonds. The number of hydrogen-bond acceptors (Lipinski definition) is 1. The average molecular weight is 746 g/mol. The molecule has 0 aliphatic heterocycles. The molecule has 0 aromatic heterocycles. The van der Waals surface area contributed by atoms with E-state index in [2.05, 4.69) is 222 Å². The first-order valence-corrected chi connectivity index (χ1v) is 20.8. The normalized spacial score (nSPS) is 15.5. The van der Waals surface area contributed by atoms with Gasteiger partial charge in [-0.1, -0.05) is 181 Å². The van der Waals surface area contributed by atoms with Crippen LogP contribution in [0.2, 0.25) is 0 Å². The molecule has 11 rings (SSSR count). The van der Waals surface area contributed by atoms with Crippen molar-refractivity contribution in [3.8, 4) is 55.6 Å². The van der Waals surface area contributed by atoms with Crippen LogP contribution in [0.3, 0.4) is 0 Å². The molecule has 8 aromatic carbocycles. The Balaban J connectivity index is 1.07. The minimum atomic E-state index is -0.115. The van der Waals surface area contributed by atoms with E-state index < -0.39 is 0 Å². The molecule has 0 bridgehead atoms. The van der Waals surface area contributed by atoms with Gasteiger partial charge in [-0.25, -0.2) is 0 Å². The lowest BCUT2D eigenvalue weighted by molar-refractivity contribution is 0.660. The van der Waals surface area contributed by atoms with E-state index in [4.69, 9.17) is 0 Å². The molecule has 58 heavy (non-hydrogen) atoms. The van der Waals surface area contributed by atoms with Crippen LogP contribution in [-0.2, 0) is 16.2 Å². The molecule has 1 heteroatoms. The maximum absolute atomic E-state index is 2.49. The Labute approximate surface area is 343 Å². The Kier molecular flexibility index (Phi) is 7.36. The molecule has 0 atom stereocenters. The van der Waals surface area contributed by atoms with Crippen LogP contribution in [0.25, 0.3) is 55.6 Å². The van der Waals surface area contributed by atoms with Gasteiger partial charge in [0.25, 0.3) is 0 Å². The van der Waals surface area contributed by atoms with Crippen molar-refractivity contribution in [3.63, 3.8) is 0 Å². The van der Waals surface area contributed by atoms with Crippen molar-refractivity contribution < 1.29 is 0 Å². The van der Waals surface area contributed by atoms with Crippen LogP contribution in [0.1, 0.15) is 74.9 Å². The van der Waals surface area contributed by atoms with Crippen LogP contribution in [0, 0.1) is 0 Å². The van der Waals surface area contributed by atoms with E-state index in [1.165, 1.54) is 89.0 Å². The molecule has 0 radical (unpaired) electrons. The maximum Gasteiger partial charge on any atom is 0.0540 e. The molecular weight excluding hydrogens is 699 g/mol. The zero-order valence-electron chi connectivity index (χ0n) is 34.2. The van der Waals surface area contributed by atoms with E-state index in [0.717, 1.165) is 17.1 Å². The largest absolute Gasteiger partial charge is 0.310 e. The first kappa shape index (κ1) is 34.8. The monoisotopic (exact) mass is 745 g/mol. The summed E-state index contributed by atoms with van der Waals surface area (Å²) in [7, 11) is 0. The summed E-state index contributed by atoms with van der Waals surface area (Å²) in [6.07, 6.45) is 0. The number of benzene rings is 8. The predicted molar refractivity (Wildman–Crippen MR) is 245 cm³/mol. The second-order valence-electron chi connectivity index (χ2n) is 18.1. The van der Waals surface area contributed by atoms with E-state index in [1.807, 2.05) is 0 Å². The molecule has 3 aliphatic rings. The van der Waals surface area contributed by atoms with Gasteiger partial charge in [0.15, 0.2) is 0 Å². The first-order chi connectivity index (χ1) is 28.0. The summed E-state index contributed by atoms with van der Waals surface area (Å²) in [5.74, 6) is 0. The van der Waals surface area contributed by atoms with Gasteiger partial charge >= 0.3 is 0 Å². The van der Waals surface area contributed by atoms with Crippen LogP contribution in [0.4, 0.5) is 17.1 Å². The lowest BCUT2D eigenvalue weighted by atomic mass is 9.79. The number of para-hydroxylation sites is 1. The molecule has 1 nitrogen and oxygen atoms in total. The molecule has 0 saturated carbocycles. The quantitative estimate of drug-likeness (QED) is 0.170. The van der Waals surface area contributed by atoms with Crippen molar-refractivity contribution in [2.45, 2.75) is 57.8 Å². The first-order valence-electron chi connectivity index (χ1n) is 20.8. The summed E-state index contributed by atoms with van der Waals surface area (Å²) in [6, 6.07) is 66.1. The molecule has 0 unspecified atom stereocenters. The Morgan fingerprint density at radius 2 is 0.724 bits per heavy atom. The smallest absolute Gasteiger partial charge is 0.0540 e. The fraction of sp³-hybridized carbons (Fsp3) is 0.158. The van der Waals surface area contributed by atoms with Crippen molar-refractivity contribution in [1.29, 1.82) is 0 Å². The molecule has 280 valence electrons. The van der Waals surface area contributed by atoms with Crippen molar-refractivity contribution >= 4 is 17.1 Å². The number of rotatable bonds is 5. The fourth-order valence-electron chi connectivity index (χ4n) is 10.9. The van der Waals surface area contributed by atoms with Crippen molar-refractivity contribution in [3.05, 3.63) is 209 Å². The van der Waals surface area contributed by atoms with Crippen LogP contribution in [0.15, 0.2) is 176 Å². The Hall–Kier alpha value is -6.44. The minimum Gasteiger partial charge on any atom is -0.310 e. The van der Waals surface area contributed by atoms with Crippen molar-refractivity contribution in [1.82, 2.24) is 0 Å². The lowest BCUT2D eigenvalue weighted by Gasteiger charge is -2.30. The SMILES string of the molecule is CC1(C)c2ccccc2-c2ccc(-c3ccccc3N(c3ccc(-c4cccc5c4C(C)(C)c4ccccc4-5)cc3)c3ccc4c(c3)C(C)(C)c3ccccc3-4)cc21. The summed E-state index contributed by atoms with van der Waals surface area (Å²) in [6.45, 7) is 14.2. The van der Waals surface area contributed by atoms with Crippen LogP contribution < -0.4 is 4.90 Å². The highest BCUT2D eigenvalue weighted by atomic mass is 15.1. The van der Waals surface area contributed by atoms with Crippen LogP contribution in [-0.4, -0.2) is 0 Å². The topological polar surface area (TPSA) is 3.24 Å². The van der Waals surface area contributed by atoms with E-state index in [-0.39, 0.29) is 16.2 Å². The highest BCUT2D eigenvalue weighted by Gasteiger charge is 2.39. The summed E-state index contributed by atoms with van der Waals surface area (Å²) in [5.41, 5.74) is 24.5. The van der Waals surface area contributed by atoms with Gasteiger partial charge in [0.2, 0.25) is 0 Å². The zero-order valence-corrected chi connectivity index (χ0v) is 34.2. The Morgan fingerprint density at radius 1 is 0.293 bits per heavy atom. The third kappa shape index (κ3) is 4.83. The van der Waals surface area contributed by atoms with E-state index in [1.54, 1.807) is 0 Å². The second-order valence-corrected chi connectivity index (χ2v) is 18.1. The molecule has 0 saturated heterocycles. The molecule has 0 fully saturated rings. The predicted octanol–water partition coefficient (Wildman–Crippen LogP) is 15.4. The highest BCUT2D eigenvalue weighted by Crippen LogP contribution is 2.55. The minimum absolute atomic E-state index is 0.0828. The zero-order chi connectivity index (χ0) is 39.6. The number of anilines is 3. The number of hydrogen-bond donors (Lipinski definition) is 0. The number of fused-ring (bicyclic) bond motifs is 9. The molecule has 0 N–H and O–H groups in total. The summed E-state index contributed by atoms with van der Waals surface area (Å²) >= 11 is 0. The van der Waals surface area contributed by atoms with E-state index in [0.29, 0.717) is 0 Å². The molecule has 3 aliphatic carbocycles. The van der Waals surface area contributed by atoms with Gasteiger partial charge in [0.05, 0.1) is 5.69 Å².